The molecular weight excluding hydrogens is 319 g/mol. The van der Waals surface area contributed by atoms with Crippen molar-refractivity contribution in [3.8, 4) is 0 Å². The predicted octanol–water partition coefficient (Wildman–Crippen LogP) is 3.37. The molecule has 7 nitrogen and oxygen atoms in total. The zero-order chi connectivity index (χ0) is 15.6. The Morgan fingerprint density at radius 2 is 2.00 bits per heavy atom. The first-order valence-electron chi connectivity index (χ1n) is 5.90. The number of rotatable bonds is 4. The highest BCUT2D eigenvalue weighted by molar-refractivity contribution is 6.35. The quantitative estimate of drug-likeness (QED) is 0.688. The zero-order valence-corrected chi connectivity index (χ0v) is 12.4. The van der Waals surface area contributed by atoms with Gasteiger partial charge in [0.2, 0.25) is 5.69 Å². The molecule has 1 aromatic heterocycles. The number of nitrogens with one attached hydrogen (secondary N) is 1. The fourth-order valence-corrected chi connectivity index (χ4v) is 2.21. The molecule has 0 unspecified atom stereocenters. The number of aromatic nitrogens is 2. The standard InChI is InChI=1S/C12H10Cl2N4O3/c1-2-17-6-10(18(20)21)11(16-17)12(19)15-9-4-7(13)3-8(14)5-9/h3-6H,2H2,1H3,(H,15,19). The Balaban J connectivity index is 2.31. The summed E-state index contributed by atoms with van der Waals surface area (Å²) in [5, 5.41) is 18.0. The average molecular weight is 329 g/mol. The number of hydrogen-bond donors (Lipinski definition) is 1. The van der Waals surface area contributed by atoms with Gasteiger partial charge in [-0.05, 0) is 25.1 Å². The number of carbonyl (C=O) groups is 1. The van der Waals surface area contributed by atoms with Crippen molar-refractivity contribution in [1.82, 2.24) is 9.78 Å². The van der Waals surface area contributed by atoms with E-state index in [4.69, 9.17) is 23.2 Å². The van der Waals surface area contributed by atoms with Gasteiger partial charge in [-0.3, -0.25) is 19.6 Å². The Labute approximate surface area is 129 Å². The van der Waals surface area contributed by atoms with E-state index in [0.29, 0.717) is 22.3 Å². The molecule has 1 amide bonds. The molecule has 1 N–H and O–H groups in total. The molecular formula is C12H10Cl2N4O3. The number of benzene rings is 1. The fraction of sp³-hybridized carbons (Fsp3) is 0.167. The Morgan fingerprint density at radius 3 is 2.52 bits per heavy atom. The van der Waals surface area contributed by atoms with E-state index in [9.17, 15) is 14.9 Å². The van der Waals surface area contributed by atoms with Crippen LogP contribution in [0, 0.1) is 10.1 Å². The van der Waals surface area contributed by atoms with Gasteiger partial charge in [0.15, 0.2) is 0 Å². The molecule has 0 bridgehead atoms. The molecule has 1 heterocycles. The van der Waals surface area contributed by atoms with Crippen LogP contribution in [0.1, 0.15) is 17.4 Å². The highest BCUT2D eigenvalue weighted by atomic mass is 35.5. The number of carbonyl (C=O) groups excluding carboxylic acids is 1. The minimum atomic E-state index is -0.702. The molecule has 0 atom stereocenters. The fourth-order valence-electron chi connectivity index (χ4n) is 1.68. The van der Waals surface area contributed by atoms with E-state index in [1.54, 1.807) is 6.92 Å². The van der Waals surface area contributed by atoms with E-state index in [0.717, 1.165) is 0 Å². The van der Waals surface area contributed by atoms with Crippen LogP contribution in [-0.2, 0) is 6.54 Å². The van der Waals surface area contributed by atoms with Crippen molar-refractivity contribution in [2.45, 2.75) is 13.5 Å². The lowest BCUT2D eigenvalue weighted by atomic mass is 10.3. The number of halogens is 2. The zero-order valence-electron chi connectivity index (χ0n) is 10.8. The molecule has 0 aliphatic carbocycles. The summed E-state index contributed by atoms with van der Waals surface area (Å²) < 4.78 is 1.32. The molecule has 0 fully saturated rings. The summed E-state index contributed by atoms with van der Waals surface area (Å²) >= 11 is 11.6. The van der Waals surface area contributed by atoms with Gasteiger partial charge in [-0.2, -0.15) is 5.10 Å². The second-order valence-electron chi connectivity index (χ2n) is 4.09. The van der Waals surface area contributed by atoms with Gasteiger partial charge in [-0.15, -0.1) is 0 Å². The molecule has 0 spiro atoms. The summed E-state index contributed by atoms with van der Waals surface area (Å²) in [7, 11) is 0. The Bertz CT molecular complexity index is 694. The summed E-state index contributed by atoms with van der Waals surface area (Å²) in [6, 6.07) is 4.47. The maximum Gasteiger partial charge on any atom is 0.320 e. The third-order valence-corrected chi connectivity index (χ3v) is 3.04. The molecule has 1 aromatic carbocycles. The number of amides is 1. The summed E-state index contributed by atoms with van der Waals surface area (Å²) in [5.74, 6) is -0.702. The average Bonchev–Trinajstić information content (AvgIpc) is 2.81. The molecule has 110 valence electrons. The van der Waals surface area contributed by atoms with E-state index < -0.39 is 10.8 Å². The Hall–Kier alpha value is -2.12. The van der Waals surface area contributed by atoms with Gasteiger partial charge in [-0.25, -0.2) is 0 Å². The highest BCUT2D eigenvalue weighted by Crippen LogP contribution is 2.24. The number of anilines is 1. The summed E-state index contributed by atoms with van der Waals surface area (Å²) in [6.45, 7) is 2.17. The van der Waals surface area contributed by atoms with Crippen molar-refractivity contribution in [3.05, 3.63) is 50.2 Å². The molecule has 21 heavy (non-hydrogen) atoms. The first-order valence-corrected chi connectivity index (χ1v) is 6.65. The lowest BCUT2D eigenvalue weighted by Crippen LogP contribution is -2.14. The molecule has 2 aromatic rings. The topological polar surface area (TPSA) is 90.1 Å². The summed E-state index contributed by atoms with van der Waals surface area (Å²) in [4.78, 5) is 22.4. The molecule has 0 radical (unpaired) electrons. The van der Waals surface area contributed by atoms with Crippen molar-refractivity contribution in [2.24, 2.45) is 0 Å². The van der Waals surface area contributed by atoms with Crippen molar-refractivity contribution in [1.29, 1.82) is 0 Å². The van der Waals surface area contributed by atoms with Gasteiger partial charge < -0.3 is 5.32 Å². The molecule has 0 aliphatic heterocycles. The van der Waals surface area contributed by atoms with Gasteiger partial charge in [-0.1, -0.05) is 23.2 Å². The maximum atomic E-state index is 12.1. The number of nitro groups is 1. The Kier molecular flexibility index (Phi) is 4.44. The van der Waals surface area contributed by atoms with Crippen LogP contribution in [0.2, 0.25) is 10.0 Å². The van der Waals surface area contributed by atoms with Crippen LogP contribution in [0.5, 0.6) is 0 Å². The van der Waals surface area contributed by atoms with Crippen LogP contribution >= 0.6 is 23.2 Å². The van der Waals surface area contributed by atoms with Crippen molar-refractivity contribution in [3.63, 3.8) is 0 Å². The minimum Gasteiger partial charge on any atom is -0.320 e. The largest absolute Gasteiger partial charge is 0.320 e. The number of aryl methyl sites for hydroxylation is 1. The second kappa shape index (κ2) is 6.11. The second-order valence-corrected chi connectivity index (χ2v) is 4.96. The van der Waals surface area contributed by atoms with E-state index in [1.807, 2.05) is 0 Å². The van der Waals surface area contributed by atoms with E-state index in [2.05, 4.69) is 10.4 Å². The lowest BCUT2D eigenvalue weighted by Gasteiger charge is -2.04. The number of hydrogen-bond acceptors (Lipinski definition) is 4. The molecule has 0 aliphatic rings. The van der Waals surface area contributed by atoms with Crippen molar-refractivity contribution >= 4 is 40.5 Å². The molecule has 0 saturated carbocycles. The monoisotopic (exact) mass is 328 g/mol. The highest BCUT2D eigenvalue weighted by Gasteiger charge is 2.25. The normalized spacial score (nSPS) is 10.4. The van der Waals surface area contributed by atoms with Crippen LogP contribution in [0.4, 0.5) is 11.4 Å². The van der Waals surface area contributed by atoms with Crippen LogP contribution in [0.3, 0.4) is 0 Å². The van der Waals surface area contributed by atoms with Gasteiger partial charge >= 0.3 is 5.69 Å². The maximum absolute atomic E-state index is 12.1. The van der Waals surface area contributed by atoms with Crippen LogP contribution in [0.15, 0.2) is 24.4 Å². The molecule has 2 rings (SSSR count). The van der Waals surface area contributed by atoms with Crippen LogP contribution in [0.25, 0.3) is 0 Å². The third kappa shape index (κ3) is 3.50. The van der Waals surface area contributed by atoms with Crippen LogP contribution < -0.4 is 5.32 Å². The van der Waals surface area contributed by atoms with E-state index in [1.165, 1.54) is 29.1 Å². The van der Waals surface area contributed by atoms with Crippen molar-refractivity contribution in [2.75, 3.05) is 5.32 Å². The SMILES string of the molecule is CCn1cc([N+](=O)[O-])c(C(=O)Nc2cc(Cl)cc(Cl)c2)n1. The smallest absolute Gasteiger partial charge is 0.320 e. The van der Waals surface area contributed by atoms with Gasteiger partial charge in [0.25, 0.3) is 5.91 Å². The van der Waals surface area contributed by atoms with E-state index in [-0.39, 0.29) is 11.4 Å². The van der Waals surface area contributed by atoms with E-state index >= 15 is 0 Å². The van der Waals surface area contributed by atoms with Gasteiger partial charge in [0, 0.05) is 22.3 Å². The molecule has 9 heteroatoms. The first kappa shape index (κ1) is 15.3. The Morgan fingerprint density at radius 1 is 1.38 bits per heavy atom. The van der Waals surface area contributed by atoms with Gasteiger partial charge in [0.1, 0.15) is 6.20 Å². The minimum absolute atomic E-state index is 0.266. The predicted molar refractivity (Wildman–Crippen MR) is 79.0 cm³/mol. The van der Waals surface area contributed by atoms with Crippen LogP contribution in [-0.4, -0.2) is 20.6 Å². The summed E-state index contributed by atoms with van der Waals surface area (Å²) in [5.41, 5.74) is -0.293. The molecule has 0 saturated heterocycles. The van der Waals surface area contributed by atoms with Gasteiger partial charge in [0.05, 0.1) is 4.92 Å². The third-order valence-electron chi connectivity index (χ3n) is 2.60. The number of nitrogens with zero attached hydrogens (tertiary/aromatic N) is 3. The lowest BCUT2D eigenvalue weighted by molar-refractivity contribution is -0.385. The van der Waals surface area contributed by atoms with Crippen molar-refractivity contribution < 1.29 is 9.72 Å². The first-order chi connectivity index (χ1) is 9.90. The summed E-state index contributed by atoms with van der Waals surface area (Å²) in [6.07, 6.45) is 1.21.